The van der Waals surface area contributed by atoms with Gasteiger partial charge in [0.05, 0.1) is 7.11 Å². The van der Waals surface area contributed by atoms with Gasteiger partial charge >= 0.3 is 6.18 Å². The number of furan rings is 1. The molecule has 0 amide bonds. The second-order valence-electron chi connectivity index (χ2n) is 4.92. The molecule has 0 spiro atoms. The summed E-state index contributed by atoms with van der Waals surface area (Å²) in [7, 11) is 1.54. The number of hydrogen-bond donors (Lipinski definition) is 0. The van der Waals surface area contributed by atoms with Crippen molar-refractivity contribution >= 4 is 11.0 Å². The second-order valence-corrected chi connectivity index (χ2v) is 4.92. The van der Waals surface area contributed by atoms with Gasteiger partial charge in [0, 0.05) is 10.9 Å². The molecular formula is C17H13F3O2. The number of alkyl halides is 3. The third kappa shape index (κ3) is 2.79. The van der Waals surface area contributed by atoms with E-state index in [4.69, 9.17) is 9.15 Å². The third-order valence-electron chi connectivity index (χ3n) is 3.41. The van der Waals surface area contributed by atoms with Gasteiger partial charge in [0.25, 0.3) is 0 Å². The maximum atomic E-state index is 12.8. The van der Waals surface area contributed by atoms with Gasteiger partial charge in [-0.3, -0.25) is 0 Å². The van der Waals surface area contributed by atoms with Crippen LogP contribution in [0.3, 0.4) is 0 Å². The number of ether oxygens (including phenoxy) is 1. The standard InChI is InChI=1S/C17H13F3O2/c1-21-12-8-6-11(7-9-12)16-13-4-2-3-5-14(13)22-15(16)10-17(18,19)20/h2-9H,10H2,1H3. The fourth-order valence-corrected chi connectivity index (χ4v) is 2.48. The van der Waals surface area contributed by atoms with Gasteiger partial charge in [0.15, 0.2) is 0 Å². The van der Waals surface area contributed by atoms with E-state index < -0.39 is 12.6 Å². The molecule has 5 heteroatoms. The molecular weight excluding hydrogens is 293 g/mol. The smallest absolute Gasteiger partial charge is 0.396 e. The first-order valence-electron chi connectivity index (χ1n) is 6.69. The van der Waals surface area contributed by atoms with Crippen LogP contribution in [-0.2, 0) is 6.42 Å². The lowest BCUT2D eigenvalue weighted by atomic mass is 10.0. The summed E-state index contributed by atoms with van der Waals surface area (Å²) in [5.74, 6) is 0.577. The van der Waals surface area contributed by atoms with Crippen molar-refractivity contribution in [3.05, 3.63) is 54.3 Å². The molecule has 0 atom stereocenters. The summed E-state index contributed by atoms with van der Waals surface area (Å²) in [5, 5.41) is 0.673. The molecule has 0 aliphatic carbocycles. The Kier molecular flexibility index (Phi) is 3.56. The highest BCUT2D eigenvalue weighted by atomic mass is 19.4. The molecule has 0 bridgehead atoms. The fourth-order valence-electron chi connectivity index (χ4n) is 2.48. The van der Waals surface area contributed by atoms with Crippen LogP contribution in [0.5, 0.6) is 5.75 Å². The van der Waals surface area contributed by atoms with Crippen LogP contribution < -0.4 is 4.74 Å². The predicted octanol–water partition coefficient (Wildman–Crippen LogP) is 5.21. The first-order chi connectivity index (χ1) is 10.5. The zero-order chi connectivity index (χ0) is 15.7. The van der Waals surface area contributed by atoms with E-state index in [-0.39, 0.29) is 5.76 Å². The van der Waals surface area contributed by atoms with Gasteiger partial charge in [0.2, 0.25) is 0 Å². The molecule has 114 valence electrons. The van der Waals surface area contributed by atoms with Gasteiger partial charge in [-0.05, 0) is 23.8 Å². The van der Waals surface area contributed by atoms with E-state index in [1.54, 1.807) is 48.5 Å². The summed E-state index contributed by atoms with van der Waals surface area (Å²) in [5.41, 5.74) is 1.60. The Morgan fingerprint density at radius 1 is 1.00 bits per heavy atom. The quantitative estimate of drug-likeness (QED) is 0.662. The van der Waals surface area contributed by atoms with Crippen molar-refractivity contribution in [1.29, 1.82) is 0 Å². The van der Waals surface area contributed by atoms with Crippen molar-refractivity contribution in [3.8, 4) is 16.9 Å². The average Bonchev–Trinajstić information content (AvgIpc) is 2.83. The molecule has 2 nitrogen and oxygen atoms in total. The van der Waals surface area contributed by atoms with Gasteiger partial charge in [-0.25, -0.2) is 0 Å². The number of methoxy groups -OCH3 is 1. The Bertz CT molecular complexity index is 786. The Hall–Kier alpha value is -2.43. The van der Waals surface area contributed by atoms with Gasteiger partial charge < -0.3 is 9.15 Å². The van der Waals surface area contributed by atoms with Crippen molar-refractivity contribution in [3.63, 3.8) is 0 Å². The van der Waals surface area contributed by atoms with Crippen LogP contribution in [0.2, 0.25) is 0 Å². The van der Waals surface area contributed by atoms with Gasteiger partial charge in [-0.1, -0.05) is 30.3 Å². The monoisotopic (exact) mass is 306 g/mol. The molecule has 0 radical (unpaired) electrons. The normalized spacial score (nSPS) is 11.8. The maximum absolute atomic E-state index is 12.8. The van der Waals surface area contributed by atoms with Gasteiger partial charge in [0.1, 0.15) is 23.5 Å². The highest BCUT2D eigenvalue weighted by molar-refractivity contribution is 5.95. The van der Waals surface area contributed by atoms with Crippen LogP contribution in [0.15, 0.2) is 52.9 Å². The van der Waals surface area contributed by atoms with Crippen molar-refractivity contribution in [1.82, 2.24) is 0 Å². The fraction of sp³-hybridized carbons (Fsp3) is 0.176. The van der Waals surface area contributed by atoms with E-state index >= 15 is 0 Å². The Morgan fingerprint density at radius 3 is 2.32 bits per heavy atom. The number of rotatable bonds is 3. The zero-order valence-corrected chi connectivity index (χ0v) is 11.8. The summed E-state index contributed by atoms with van der Waals surface area (Å²) in [4.78, 5) is 0. The van der Waals surface area contributed by atoms with Crippen LogP contribution >= 0.6 is 0 Å². The van der Waals surface area contributed by atoms with Crippen molar-refractivity contribution in [2.75, 3.05) is 7.11 Å². The molecule has 3 aromatic rings. The van der Waals surface area contributed by atoms with Crippen LogP contribution in [-0.4, -0.2) is 13.3 Å². The van der Waals surface area contributed by atoms with E-state index in [1.807, 2.05) is 0 Å². The molecule has 0 saturated heterocycles. The van der Waals surface area contributed by atoms with E-state index in [0.29, 0.717) is 27.8 Å². The predicted molar refractivity (Wildman–Crippen MR) is 78.0 cm³/mol. The highest BCUT2D eigenvalue weighted by Crippen LogP contribution is 2.38. The number of benzene rings is 2. The molecule has 0 saturated carbocycles. The molecule has 1 heterocycles. The number of halogens is 3. The van der Waals surface area contributed by atoms with E-state index in [0.717, 1.165) is 0 Å². The first-order valence-corrected chi connectivity index (χ1v) is 6.69. The number of para-hydroxylation sites is 1. The summed E-state index contributed by atoms with van der Waals surface area (Å²) < 4.78 is 48.9. The topological polar surface area (TPSA) is 22.4 Å². The lowest BCUT2D eigenvalue weighted by molar-refractivity contribution is -0.129. The van der Waals surface area contributed by atoms with Crippen molar-refractivity contribution in [2.45, 2.75) is 12.6 Å². The summed E-state index contributed by atoms with van der Waals surface area (Å²) in [6.45, 7) is 0. The molecule has 0 aliphatic heterocycles. The lowest BCUT2D eigenvalue weighted by Crippen LogP contribution is -2.11. The van der Waals surface area contributed by atoms with Crippen molar-refractivity contribution < 1.29 is 22.3 Å². The second kappa shape index (κ2) is 5.40. The highest BCUT2D eigenvalue weighted by Gasteiger charge is 2.32. The zero-order valence-electron chi connectivity index (χ0n) is 11.8. The summed E-state index contributed by atoms with van der Waals surface area (Å²) >= 11 is 0. The molecule has 1 aromatic heterocycles. The molecule has 0 N–H and O–H groups in total. The van der Waals surface area contributed by atoms with Crippen LogP contribution in [0.25, 0.3) is 22.1 Å². The minimum atomic E-state index is -4.32. The Labute approximate surface area is 125 Å². The lowest BCUT2D eigenvalue weighted by Gasteiger charge is -2.07. The number of fused-ring (bicyclic) bond motifs is 1. The summed E-state index contributed by atoms with van der Waals surface area (Å²) in [6.07, 6.45) is -5.42. The minimum absolute atomic E-state index is 0.0705. The van der Waals surface area contributed by atoms with Gasteiger partial charge in [-0.2, -0.15) is 13.2 Å². The molecule has 2 aromatic carbocycles. The SMILES string of the molecule is COc1ccc(-c2c(CC(F)(F)F)oc3ccccc23)cc1. The average molecular weight is 306 g/mol. The van der Waals surface area contributed by atoms with Crippen LogP contribution in [0.4, 0.5) is 13.2 Å². The molecule has 0 aliphatic rings. The van der Waals surface area contributed by atoms with E-state index in [1.165, 1.54) is 7.11 Å². The van der Waals surface area contributed by atoms with Crippen molar-refractivity contribution in [2.24, 2.45) is 0 Å². The molecule has 0 fully saturated rings. The van der Waals surface area contributed by atoms with E-state index in [9.17, 15) is 13.2 Å². The Morgan fingerprint density at radius 2 is 1.68 bits per heavy atom. The molecule has 3 rings (SSSR count). The van der Waals surface area contributed by atoms with E-state index in [2.05, 4.69) is 0 Å². The Balaban J connectivity index is 2.18. The molecule has 0 unspecified atom stereocenters. The van der Waals surface area contributed by atoms with Gasteiger partial charge in [-0.15, -0.1) is 0 Å². The third-order valence-corrected chi connectivity index (χ3v) is 3.41. The van der Waals surface area contributed by atoms with Crippen LogP contribution in [0.1, 0.15) is 5.76 Å². The largest absolute Gasteiger partial charge is 0.497 e. The maximum Gasteiger partial charge on any atom is 0.396 e. The molecule has 22 heavy (non-hydrogen) atoms. The first kappa shape index (κ1) is 14.5. The summed E-state index contributed by atoms with van der Waals surface area (Å²) in [6, 6.07) is 13.8. The number of hydrogen-bond acceptors (Lipinski definition) is 2. The minimum Gasteiger partial charge on any atom is -0.497 e. The van der Waals surface area contributed by atoms with Crippen LogP contribution in [0, 0.1) is 0 Å².